The molecule has 1 amide bonds. The Balaban J connectivity index is 1.51. The molecule has 4 heterocycles. The molecule has 7 heteroatoms. The molecule has 0 bridgehead atoms. The number of nitrogens with zero attached hydrogens (tertiary/aromatic N) is 3. The number of amides is 1. The maximum Gasteiger partial charge on any atom is 0.270 e. The summed E-state index contributed by atoms with van der Waals surface area (Å²) in [5.74, 6) is 0.260. The molecule has 0 aliphatic carbocycles. The summed E-state index contributed by atoms with van der Waals surface area (Å²) in [6.07, 6.45) is 6.52. The van der Waals surface area contributed by atoms with Crippen molar-refractivity contribution in [1.29, 1.82) is 0 Å². The van der Waals surface area contributed by atoms with Gasteiger partial charge in [-0.3, -0.25) is 19.6 Å². The molecule has 2 saturated heterocycles. The molecule has 7 nitrogen and oxygen atoms in total. The van der Waals surface area contributed by atoms with Gasteiger partial charge in [-0.15, -0.1) is 0 Å². The topological polar surface area (TPSA) is 85.1 Å². The molecule has 0 spiro atoms. The van der Waals surface area contributed by atoms with Gasteiger partial charge in [0, 0.05) is 48.1 Å². The number of carbonyl (C=O) groups is 2. The Hall–Kier alpha value is -2.41. The van der Waals surface area contributed by atoms with Gasteiger partial charge in [0.2, 0.25) is 0 Å². The maximum atomic E-state index is 13.2. The quantitative estimate of drug-likeness (QED) is 0.759. The van der Waals surface area contributed by atoms with Crippen LogP contribution >= 0.6 is 0 Å². The van der Waals surface area contributed by atoms with E-state index in [0.29, 0.717) is 17.8 Å². The van der Waals surface area contributed by atoms with Crippen LogP contribution in [0.4, 0.5) is 0 Å². The third-order valence-corrected chi connectivity index (χ3v) is 6.46. The van der Waals surface area contributed by atoms with Crippen LogP contribution in [0.15, 0.2) is 6.20 Å². The third-order valence-electron chi connectivity index (χ3n) is 6.46. The molecule has 2 aliphatic heterocycles. The Morgan fingerprint density at radius 1 is 1.17 bits per heavy atom. The van der Waals surface area contributed by atoms with Crippen LogP contribution in [0, 0.1) is 13.8 Å². The van der Waals surface area contributed by atoms with Crippen LogP contribution in [0.3, 0.4) is 0 Å². The van der Waals surface area contributed by atoms with Crippen LogP contribution in [0.1, 0.15) is 81.9 Å². The lowest BCUT2D eigenvalue weighted by Crippen LogP contribution is -2.40. The van der Waals surface area contributed by atoms with Crippen LogP contribution < -0.4 is 0 Å². The van der Waals surface area contributed by atoms with E-state index in [9.17, 15) is 9.59 Å². The molecule has 2 fully saturated rings. The van der Waals surface area contributed by atoms with Crippen molar-refractivity contribution in [1.82, 2.24) is 25.0 Å². The van der Waals surface area contributed by atoms with Gasteiger partial charge in [-0.25, -0.2) is 0 Å². The van der Waals surface area contributed by atoms with Gasteiger partial charge in [-0.1, -0.05) is 0 Å². The Labute approximate surface area is 171 Å². The largest absolute Gasteiger partial charge is 0.354 e. The predicted molar refractivity (Wildman–Crippen MR) is 111 cm³/mol. The molecule has 2 aromatic rings. The summed E-state index contributed by atoms with van der Waals surface area (Å²) in [6, 6.07) is 0. The highest BCUT2D eigenvalue weighted by Crippen LogP contribution is 2.30. The number of hydrogen-bond acceptors (Lipinski definition) is 4. The average molecular weight is 398 g/mol. The van der Waals surface area contributed by atoms with Crippen molar-refractivity contribution >= 4 is 11.7 Å². The van der Waals surface area contributed by atoms with Gasteiger partial charge in [0.15, 0.2) is 5.78 Å². The summed E-state index contributed by atoms with van der Waals surface area (Å²) in [5, 5.41) is 7.54. The van der Waals surface area contributed by atoms with Gasteiger partial charge < -0.3 is 9.88 Å². The van der Waals surface area contributed by atoms with Crippen LogP contribution in [0.5, 0.6) is 0 Å². The second kappa shape index (κ2) is 8.14. The van der Waals surface area contributed by atoms with Crippen molar-refractivity contribution in [3.8, 4) is 0 Å². The number of ketones is 1. The van der Waals surface area contributed by atoms with Gasteiger partial charge in [0.05, 0.1) is 6.20 Å². The first kappa shape index (κ1) is 19.9. The number of rotatable bonds is 5. The number of aromatic amines is 2. The summed E-state index contributed by atoms with van der Waals surface area (Å²) < 4.78 is 0. The van der Waals surface area contributed by atoms with Gasteiger partial charge >= 0.3 is 0 Å². The number of nitrogens with one attached hydrogen (secondary N) is 2. The van der Waals surface area contributed by atoms with Gasteiger partial charge in [-0.05, 0) is 65.1 Å². The Morgan fingerprint density at radius 2 is 1.93 bits per heavy atom. The molecule has 156 valence electrons. The van der Waals surface area contributed by atoms with Crippen molar-refractivity contribution in [3.05, 3.63) is 40.0 Å². The first-order chi connectivity index (χ1) is 14.0. The standard InChI is InChI=1S/C22H31N5O2/c1-14-19(16(3)28)15(2)24-20(14)22(29)27-10-6-7-17(13-27)21-18(11-23-25-21)12-26-8-4-5-9-26/h11,17,24H,4-10,12-13H2,1-3H3,(H,23,25). The number of piperidine rings is 1. The highest BCUT2D eigenvalue weighted by molar-refractivity contribution is 6.02. The fourth-order valence-electron chi connectivity index (χ4n) is 5.03. The maximum absolute atomic E-state index is 13.2. The second-order valence-corrected chi connectivity index (χ2v) is 8.56. The Bertz CT molecular complexity index is 906. The van der Waals surface area contributed by atoms with E-state index in [2.05, 4.69) is 20.1 Å². The lowest BCUT2D eigenvalue weighted by molar-refractivity contribution is 0.0699. The number of hydrogen-bond donors (Lipinski definition) is 2. The van der Waals surface area contributed by atoms with E-state index in [1.54, 1.807) is 6.92 Å². The number of carbonyl (C=O) groups excluding carboxylic acids is 2. The van der Waals surface area contributed by atoms with Crippen LogP contribution in [-0.4, -0.2) is 62.9 Å². The highest BCUT2D eigenvalue weighted by atomic mass is 16.2. The van der Waals surface area contributed by atoms with Crippen molar-refractivity contribution in [2.24, 2.45) is 0 Å². The number of Topliss-reactive ketones (excluding diaryl/α,β-unsaturated/α-hetero) is 1. The van der Waals surface area contributed by atoms with Crippen molar-refractivity contribution in [3.63, 3.8) is 0 Å². The minimum Gasteiger partial charge on any atom is -0.354 e. The zero-order chi connectivity index (χ0) is 20.5. The van der Waals surface area contributed by atoms with Gasteiger partial charge in [-0.2, -0.15) is 5.10 Å². The number of aryl methyl sites for hydroxylation is 1. The monoisotopic (exact) mass is 397 g/mol. The lowest BCUT2D eigenvalue weighted by atomic mass is 9.92. The number of aromatic nitrogens is 3. The summed E-state index contributed by atoms with van der Waals surface area (Å²) >= 11 is 0. The average Bonchev–Trinajstić information content (AvgIpc) is 3.43. The van der Waals surface area contributed by atoms with E-state index >= 15 is 0 Å². The van der Waals surface area contributed by atoms with Crippen LogP contribution in [-0.2, 0) is 6.54 Å². The third kappa shape index (κ3) is 3.88. The van der Waals surface area contributed by atoms with E-state index in [1.165, 1.54) is 24.1 Å². The molecule has 2 aliphatic rings. The highest BCUT2D eigenvalue weighted by Gasteiger charge is 2.30. The first-order valence-corrected chi connectivity index (χ1v) is 10.7. The smallest absolute Gasteiger partial charge is 0.270 e. The lowest BCUT2D eigenvalue weighted by Gasteiger charge is -2.33. The molecule has 2 aromatic heterocycles. The molecule has 4 rings (SSSR count). The SMILES string of the molecule is CC(=O)c1c(C)[nH]c(C(=O)N2CCCC(c3[nH]ncc3CN3CCCC3)C2)c1C. The number of likely N-dealkylation sites (tertiary alicyclic amines) is 2. The normalized spacial score (nSPS) is 20.4. The van der Waals surface area contributed by atoms with Crippen LogP contribution in [0.2, 0.25) is 0 Å². The molecular weight excluding hydrogens is 366 g/mol. The van der Waals surface area contributed by atoms with Crippen molar-refractivity contribution in [2.75, 3.05) is 26.2 Å². The zero-order valence-corrected chi connectivity index (χ0v) is 17.7. The first-order valence-electron chi connectivity index (χ1n) is 10.7. The number of H-pyrrole nitrogens is 2. The molecule has 1 unspecified atom stereocenters. The fourth-order valence-corrected chi connectivity index (χ4v) is 5.03. The summed E-state index contributed by atoms with van der Waals surface area (Å²) in [5.41, 5.74) is 5.17. The molecule has 0 saturated carbocycles. The van der Waals surface area contributed by atoms with E-state index < -0.39 is 0 Å². The van der Waals surface area contributed by atoms with E-state index in [4.69, 9.17) is 0 Å². The van der Waals surface area contributed by atoms with Gasteiger partial charge in [0.25, 0.3) is 5.91 Å². The Kier molecular flexibility index (Phi) is 5.58. The summed E-state index contributed by atoms with van der Waals surface area (Å²) in [7, 11) is 0. The Morgan fingerprint density at radius 3 is 2.62 bits per heavy atom. The molecule has 1 atom stereocenters. The van der Waals surface area contributed by atoms with E-state index in [-0.39, 0.29) is 17.6 Å². The molecule has 0 aromatic carbocycles. The van der Waals surface area contributed by atoms with Crippen molar-refractivity contribution < 1.29 is 9.59 Å². The van der Waals surface area contributed by atoms with E-state index in [1.807, 2.05) is 24.9 Å². The molecule has 2 N–H and O–H groups in total. The minimum absolute atomic E-state index is 0.00386. The molecule has 29 heavy (non-hydrogen) atoms. The van der Waals surface area contributed by atoms with Gasteiger partial charge in [0.1, 0.15) is 5.69 Å². The molecular formula is C22H31N5O2. The van der Waals surface area contributed by atoms with Crippen LogP contribution in [0.25, 0.3) is 0 Å². The fraction of sp³-hybridized carbons (Fsp3) is 0.591. The van der Waals surface area contributed by atoms with E-state index in [0.717, 1.165) is 50.3 Å². The predicted octanol–water partition coefficient (Wildman–Crippen LogP) is 3.17. The van der Waals surface area contributed by atoms with Crippen molar-refractivity contribution in [2.45, 2.75) is 58.9 Å². The summed E-state index contributed by atoms with van der Waals surface area (Å²) in [4.78, 5) is 32.7. The zero-order valence-electron chi connectivity index (χ0n) is 17.7. The minimum atomic E-state index is -0.0107. The second-order valence-electron chi connectivity index (χ2n) is 8.56. The summed E-state index contributed by atoms with van der Waals surface area (Å²) in [6.45, 7) is 9.95. The molecule has 0 radical (unpaired) electrons.